The molecular weight excluding hydrogens is 309 g/mol. The highest BCUT2D eigenvalue weighted by atomic mass is 35.5. The molecule has 1 heterocycles. The number of benzene rings is 1. The van der Waals surface area contributed by atoms with Crippen molar-refractivity contribution < 1.29 is 4.52 Å². The highest BCUT2D eigenvalue weighted by Gasteiger charge is 2.23. The number of likely N-dealkylation sites (N-methyl/N-ethyl adjacent to an activating group) is 1. The van der Waals surface area contributed by atoms with E-state index in [4.69, 9.17) is 27.7 Å². The zero-order valence-corrected chi connectivity index (χ0v) is 13.9. The summed E-state index contributed by atoms with van der Waals surface area (Å²) in [4.78, 5) is 4.51. The number of rotatable bonds is 6. The van der Waals surface area contributed by atoms with E-state index in [0.29, 0.717) is 21.8 Å². The van der Waals surface area contributed by atoms with E-state index in [9.17, 15) is 0 Å². The second-order valence-corrected chi connectivity index (χ2v) is 5.76. The van der Waals surface area contributed by atoms with Crippen molar-refractivity contribution >= 4 is 23.2 Å². The van der Waals surface area contributed by atoms with Gasteiger partial charge in [0.15, 0.2) is 0 Å². The van der Waals surface area contributed by atoms with E-state index in [2.05, 4.69) is 36.2 Å². The van der Waals surface area contributed by atoms with E-state index in [1.807, 2.05) is 6.07 Å². The smallest absolute Gasteiger partial charge is 0.231 e. The molecule has 0 fully saturated rings. The Hall–Kier alpha value is -1.10. The highest BCUT2D eigenvalue weighted by molar-refractivity contribution is 6.42. The number of aromatic nitrogens is 2. The highest BCUT2D eigenvalue weighted by Crippen LogP contribution is 2.29. The van der Waals surface area contributed by atoms with Gasteiger partial charge in [-0.25, -0.2) is 0 Å². The number of nitrogens with one attached hydrogen (secondary N) is 1. The van der Waals surface area contributed by atoms with E-state index >= 15 is 0 Å². The van der Waals surface area contributed by atoms with Gasteiger partial charge in [0.2, 0.25) is 11.7 Å². The van der Waals surface area contributed by atoms with Crippen LogP contribution in [0.15, 0.2) is 22.7 Å². The molecule has 0 saturated heterocycles. The van der Waals surface area contributed by atoms with E-state index in [0.717, 1.165) is 18.5 Å². The summed E-state index contributed by atoms with van der Waals surface area (Å²) < 4.78 is 5.43. The molecule has 0 aliphatic carbocycles. The third-order valence-electron chi connectivity index (χ3n) is 3.51. The molecule has 0 radical (unpaired) electrons. The Morgan fingerprint density at radius 2 is 2.00 bits per heavy atom. The fourth-order valence-corrected chi connectivity index (χ4v) is 2.64. The lowest BCUT2D eigenvalue weighted by Gasteiger charge is -2.19. The number of nitrogens with zero attached hydrogens (tertiary/aromatic N) is 2. The number of halogens is 2. The zero-order valence-electron chi connectivity index (χ0n) is 12.4. The molecule has 2 atom stereocenters. The Morgan fingerprint density at radius 1 is 1.24 bits per heavy atom. The van der Waals surface area contributed by atoms with Gasteiger partial charge in [0.05, 0.1) is 16.0 Å². The van der Waals surface area contributed by atoms with E-state index in [1.165, 1.54) is 0 Å². The molecule has 2 unspecified atom stereocenters. The van der Waals surface area contributed by atoms with Crippen LogP contribution in [0.2, 0.25) is 10.0 Å². The Morgan fingerprint density at radius 3 is 2.62 bits per heavy atom. The molecule has 0 aliphatic rings. The molecule has 0 bridgehead atoms. The SMILES string of the molecule is CCNC(C)C(CC)c1nc(-c2ccc(Cl)c(Cl)c2)no1. The van der Waals surface area contributed by atoms with Gasteiger partial charge in [0.25, 0.3) is 0 Å². The van der Waals surface area contributed by atoms with Gasteiger partial charge in [0, 0.05) is 11.6 Å². The van der Waals surface area contributed by atoms with Crippen molar-refractivity contribution in [1.82, 2.24) is 15.5 Å². The molecule has 21 heavy (non-hydrogen) atoms. The average Bonchev–Trinajstić information content (AvgIpc) is 2.92. The van der Waals surface area contributed by atoms with E-state index < -0.39 is 0 Å². The van der Waals surface area contributed by atoms with Crippen molar-refractivity contribution in [2.45, 2.75) is 39.2 Å². The van der Waals surface area contributed by atoms with Crippen molar-refractivity contribution in [1.29, 1.82) is 0 Å². The maximum Gasteiger partial charge on any atom is 0.231 e. The Kier molecular flexibility index (Phi) is 5.62. The van der Waals surface area contributed by atoms with Gasteiger partial charge < -0.3 is 9.84 Å². The molecule has 0 spiro atoms. The average molecular weight is 328 g/mol. The second kappa shape index (κ2) is 7.25. The van der Waals surface area contributed by atoms with Crippen molar-refractivity contribution in [3.8, 4) is 11.4 Å². The molecule has 2 aromatic rings. The molecule has 1 aromatic heterocycles. The van der Waals surface area contributed by atoms with Crippen molar-refractivity contribution in [2.24, 2.45) is 0 Å². The molecule has 0 saturated carbocycles. The standard InChI is InChI=1S/C15H19Cl2N3O/c1-4-11(9(3)18-5-2)15-19-14(20-21-15)10-6-7-12(16)13(17)8-10/h6-9,11,18H,4-5H2,1-3H3. The number of hydrogen-bond acceptors (Lipinski definition) is 4. The minimum absolute atomic E-state index is 0.189. The maximum absolute atomic E-state index is 6.02. The van der Waals surface area contributed by atoms with Crippen LogP contribution in [0.5, 0.6) is 0 Å². The van der Waals surface area contributed by atoms with Crippen molar-refractivity contribution in [3.63, 3.8) is 0 Å². The Balaban J connectivity index is 2.25. The first-order valence-corrected chi connectivity index (χ1v) is 7.84. The predicted octanol–water partition coefficient (Wildman–Crippen LogP) is 4.54. The van der Waals surface area contributed by atoms with Gasteiger partial charge >= 0.3 is 0 Å². The maximum atomic E-state index is 6.02. The van der Waals surface area contributed by atoms with Crippen LogP contribution in [-0.2, 0) is 0 Å². The van der Waals surface area contributed by atoms with Crippen LogP contribution in [0.25, 0.3) is 11.4 Å². The summed E-state index contributed by atoms with van der Waals surface area (Å²) in [5.74, 6) is 1.37. The Bertz CT molecular complexity index is 600. The van der Waals surface area contributed by atoms with Crippen LogP contribution >= 0.6 is 23.2 Å². The second-order valence-electron chi connectivity index (χ2n) is 4.95. The fraction of sp³-hybridized carbons (Fsp3) is 0.467. The topological polar surface area (TPSA) is 51.0 Å². The van der Waals surface area contributed by atoms with Gasteiger partial charge in [-0.3, -0.25) is 0 Å². The van der Waals surface area contributed by atoms with Crippen LogP contribution in [0.4, 0.5) is 0 Å². The van der Waals surface area contributed by atoms with E-state index in [1.54, 1.807) is 12.1 Å². The minimum atomic E-state index is 0.189. The monoisotopic (exact) mass is 327 g/mol. The molecule has 4 nitrogen and oxygen atoms in total. The lowest BCUT2D eigenvalue weighted by atomic mass is 9.98. The van der Waals surface area contributed by atoms with Crippen LogP contribution < -0.4 is 5.32 Å². The Labute approximate surface area is 134 Å². The minimum Gasteiger partial charge on any atom is -0.339 e. The molecule has 0 amide bonds. The summed E-state index contributed by atoms with van der Waals surface area (Å²) in [7, 11) is 0. The van der Waals surface area contributed by atoms with Crippen molar-refractivity contribution in [2.75, 3.05) is 6.54 Å². The van der Waals surface area contributed by atoms with Gasteiger partial charge in [-0.1, -0.05) is 42.2 Å². The zero-order chi connectivity index (χ0) is 15.4. The first-order valence-electron chi connectivity index (χ1n) is 7.09. The quantitative estimate of drug-likeness (QED) is 0.846. The largest absolute Gasteiger partial charge is 0.339 e. The lowest BCUT2D eigenvalue weighted by Crippen LogP contribution is -2.31. The van der Waals surface area contributed by atoms with Gasteiger partial charge in [0.1, 0.15) is 0 Å². The molecule has 114 valence electrons. The summed E-state index contributed by atoms with van der Waals surface area (Å²) in [5, 5.41) is 8.44. The summed E-state index contributed by atoms with van der Waals surface area (Å²) in [6.07, 6.45) is 0.928. The molecule has 1 N–H and O–H groups in total. The molecule has 0 aliphatic heterocycles. The molecular formula is C15H19Cl2N3O. The third kappa shape index (κ3) is 3.76. The van der Waals surface area contributed by atoms with E-state index in [-0.39, 0.29) is 12.0 Å². The van der Waals surface area contributed by atoms with Gasteiger partial charge in [-0.2, -0.15) is 4.98 Å². The lowest BCUT2D eigenvalue weighted by molar-refractivity contribution is 0.318. The number of hydrogen-bond donors (Lipinski definition) is 1. The molecule has 6 heteroatoms. The summed E-state index contributed by atoms with van der Waals surface area (Å²) in [5.41, 5.74) is 0.797. The summed E-state index contributed by atoms with van der Waals surface area (Å²) in [6, 6.07) is 5.58. The molecule has 1 aromatic carbocycles. The first kappa shape index (κ1) is 16.3. The van der Waals surface area contributed by atoms with Crippen LogP contribution in [0.1, 0.15) is 39.0 Å². The predicted molar refractivity (Wildman–Crippen MR) is 85.9 cm³/mol. The normalized spacial score (nSPS) is 14.1. The van der Waals surface area contributed by atoms with Crippen molar-refractivity contribution in [3.05, 3.63) is 34.1 Å². The molecule has 2 rings (SSSR count). The van der Waals surface area contributed by atoms with Crippen LogP contribution in [-0.4, -0.2) is 22.7 Å². The summed E-state index contributed by atoms with van der Waals surface area (Å²) >= 11 is 11.9. The summed E-state index contributed by atoms with van der Waals surface area (Å²) in [6.45, 7) is 7.23. The first-order chi connectivity index (χ1) is 10.1. The van der Waals surface area contributed by atoms with Crippen LogP contribution in [0, 0.1) is 0 Å². The third-order valence-corrected chi connectivity index (χ3v) is 4.25. The fourth-order valence-electron chi connectivity index (χ4n) is 2.34. The van der Waals surface area contributed by atoms with Gasteiger partial charge in [-0.05, 0) is 38.1 Å². The van der Waals surface area contributed by atoms with Gasteiger partial charge in [-0.15, -0.1) is 0 Å². The van der Waals surface area contributed by atoms with Crippen LogP contribution in [0.3, 0.4) is 0 Å².